The molecule has 1 aliphatic rings. The monoisotopic (exact) mass is 399 g/mol. The van der Waals surface area contributed by atoms with Crippen molar-refractivity contribution >= 4 is 28.4 Å². The highest BCUT2D eigenvalue weighted by atomic mass is 19.1. The van der Waals surface area contributed by atoms with Gasteiger partial charge in [-0.15, -0.1) is 0 Å². The SMILES string of the molecule is COC(=O)C1(F)C(=O)c2ccc3occ(C)c3c2OC1c1cccc([N+](=O)[O-])c1. The maximum absolute atomic E-state index is 16.0. The Morgan fingerprint density at radius 1 is 1.31 bits per heavy atom. The van der Waals surface area contributed by atoms with Crippen LogP contribution in [0, 0.1) is 17.0 Å². The number of fused-ring (bicyclic) bond motifs is 3. The number of Topliss-reactive ketones (excluding diaryl/α,β-unsaturated/α-hetero) is 1. The Labute approximate surface area is 163 Å². The van der Waals surface area contributed by atoms with Gasteiger partial charge in [0.25, 0.3) is 5.69 Å². The molecule has 8 nitrogen and oxygen atoms in total. The van der Waals surface area contributed by atoms with Crippen LogP contribution in [-0.4, -0.2) is 29.5 Å². The first-order chi connectivity index (χ1) is 13.8. The molecule has 0 radical (unpaired) electrons. The summed E-state index contributed by atoms with van der Waals surface area (Å²) in [4.78, 5) is 35.9. The molecule has 0 saturated heterocycles. The molecule has 0 saturated carbocycles. The van der Waals surface area contributed by atoms with E-state index in [1.807, 2.05) is 0 Å². The highest BCUT2D eigenvalue weighted by molar-refractivity contribution is 6.20. The van der Waals surface area contributed by atoms with Gasteiger partial charge in [-0.25, -0.2) is 9.18 Å². The average Bonchev–Trinajstić information content (AvgIpc) is 3.11. The molecule has 29 heavy (non-hydrogen) atoms. The molecule has 2 heterocycles. The Morgan fingerprint density at radius 2 is 2.07 bits per heavy atom. The van der Waals surface area contributed by atoms with Crippen LogP contribution in [0.1, 0.15) is 27.6 Å². The summed E-state index contributed by atoms with van der Waals surface area (Å²) in [6, 6.07) is 7.71. The van der Waals surface area contributed by atoms with Crippen LogP contribution in [0.15, 0.2) is 47.1 Å². The van der Waals surface area contributed by atoms with E-state index < -0.39 is 28.4 Å². The van der Waals surface area contributed by atoms with E-state index in [4.69, 9.17) is 9.15 Å². The number of nitro groups is 1. The van der Waals surface area contributed by atoms with E-state index in [0.717, 1.165) is 13.2 Å². The molecule has 4 rings (SSSR count). The zero-order chi connectivity index (χ0) is 20.9. The molecule has 0 bridgehead atoms. The van der Waals surface area contributed by atoms with E-state index >= 15 is 4.39 Å². The van der Waals surface area contributed by atoms with Gasteiger partial charge in [-0.3, -0.25) is 14.9 Å². The Bertz CT molecular complexity index is 1180. The number of methoxy groups -OCH3 is 1. The van der Waals surface area contributed by atoms with E-state index in [2.05, 4.69) is 4.74 Å². The molecule has 148 valence electrons. The highest BCUT2D eigenvalue weighted by Gasteiger charge is 2.60. The number of furan rings is 1. The predicted molar refractivity (Wildman–Crippen MR) is 97.6 cm³/mol. The number of nitro benzene ring substituents is 1. The number of hydrogen-bond donors (Lipinski definition) is 0. The fourth-order valence-corrected chi connectivity index (χ4v) is 3.51. The minimum absolute atomic E-state index is 0.0486. The number of carbonyl (C=O) groups excluding carboxylic acids is 2. The topological polar surface area (TPSA) is 109 Å². The lowest BCUT2D eigenvalue weighted by Crippen LogP contribution is -2.52. The number of alkyl halides is 1. The number of rotatable bonds is 3. The zero-order valence-corrected chi connectivity index (χ0v) is 15.3. The molecule has 3 aromatic rings. The lowest BCUT2D eigenvalue weighted by atomic mass is 9.82. The second-order valence-electron chi connectivity index (χ2n) is 6.62. The van der Waals surface area contributed by atoms with Crippen LogP contribution >= 0.6 is 0 Å². The Balaban J connectivity index is 1.98. The Hall–Kier alpha value is -3.75. The third kappa shape index (κ3) is 2.58. The van der Waals surface area contributed by atoms with Crippen molar-refractivity contribution in [1.82, 2.24) is 0 Å². The van der Waals surface area contributed by atoms with Gasteiger partial charge in [-0.1, -0.05) is 12.1 Å². The summed E-state index contributed by atoms with van der Waals surface area (Å²) in [5.41, 5.74) is -2.69. The zero-order valence-electron chi connectivity index (χ0n) is 15.3. The van der Waals surface area contributed by atoms with Crippen molar-refractivity contribution in [1.29, 1.82) is 0 Å². The Morgan fingerprint density at radius 3 is 2.76 bits per heavy atom. The smallest absolute Gasteiger partial charge is 0.356 e. The van der Waals surface area contributed by atoms with Crippen LogP contribution in [0.25, 0.3) is 11.0 Å². The van der Waals surface area contributed by atoms with E-state index in [1.165, 1.54) is 36.6 Å². The fraction of sp³-hybridized carbons (Fsp3) is 0.200. The second-order valence-corrected chi connectivity index (χ2v) is 6.62. The van der Waals surface area contributed by atoms with Crippen molar-refractivity contribution in [3.63, 3.8) is 0 Å². The minimum Gasteiger partial charge on any atom is -0.480 e. The number of non-ortho nitro benzene ring substituents is 1. The van der Waals surface area contributed by atoms with Crippen LogP contribution in [-0.2, 0) is 9.53 Å². The fourth-order valence-electron chi connectivity index (χ4n) is 3.51. The number of aryl methyl sites for hydroxylation is 1. The first kappa shape index (κ1) is 18.6. The number of ether oxygens (including phenoxy) is 2. The molecule has 2 unspecified atom stereocenters. The van der Waals surface area contributed by atoms with Crippen LogP contribution < -0.4 is 4.74 Å². The van der Waals surface area contributed by atoms with Crippen LogP contribution in [0.3, 0.4) is 0 Å². The summed E-state index contributed by atoms with van der Waals surface area (Å²) in [5.74, 6) is -2.55. The third-order valence-electron chi connectivity index (χ3n) is 4.91. The predicted octanol–water partition coefficient (Wildman–Crippen LogP) is 3.85. The maximum atomic E-state index is 16.0. The normalized spacial score (nSPS) is 20.8. The number of hydrogen-bond acceptors (Lipinski definition) is 7. The molecule has 0 N–H and O–H groups in total. The molecule has 2 aromatic carbocycles. The van der Waals surface area contributed by atoms with Crippen molar-refractivity contribution in [2.24, 2.45) is 0 Å². The summed E-state index contributed by atoms with van der Waals surface area (Å²) in [7, 11) is 0.945. The van der Waals surface area contributed by atoms with Gasteiger partial charge in [-0.05, 0) is 24.6 Å². The maximum Gasteiger partial charge on any atom is 0.356 e. The van der Waals surface area contributed by atoms with Gasteiger partial charge in [-0.2, -0.15) is 0 Å². The van der Waals surface area contributed by atoms with Crippen LogP contribution in [0.5, 0.6) is 5.75 Å². The minimum atomic E-state index is -3.22. The van der Waals surface area contributed by atoms with Crippen molar-refractivity contribution in [3.05, 3.63) is 69.5 Å². The van der Waals surface area contributed by atoms with E-state index in [1.54, 1.807) is 6.92 Å². The largest absolute Gasteiger partial charge is 0.480 e. The van der Waals surface area contributed by atoms with Gasteiger partial charge < -0.3 is 13.9 Å². The van der Waals surface area contributed by atoms with E-state index in [9.17, 15) is 19.7 Å². The first-order valence-electron chi connectivity index (χ1n) is 8.53. The number of benzene rings is 2. The van der Waals surface area contributed by atoms with Gasteiger partial charge >= 0.3 is 11.6 Å². The van der Waals surface area contributed by atoms with Gasteiger partial charge in [0, 0.05) is 17.7 Å². The lowest BCUT2D eigenvalue weighted by Gasteiger charge is -2.35. The summed E-state index contributed by atoms with van der Waals surface area (Å²) < 4.78 is 31.8. The molecule has 1 aliphatic heterocycles. The summed E-state index contributed by atoms with van der Waals surface area (Å²) in [6.45, 7) is 1.72. The van der Waals surface area contributed by atoms with Crippen molar-refractivity contribution in [2.75, 3.05) is 7.11 Å². The van der Waals surface area contributed by atoms with Crippen LogP contribution in [0.2, 0.25) is 0 Å². The number of ketones is 1. The number of esters is 1. The average molecular weight is 399 g/mol. The summed E-state index contributed by atoms with van der Waals surface area (Å²) in [6.07, 6.45) is -0.326. The first-order valence-corrected chi connectivity index (χ1v) is 8.53. The molecule has 0 spiro atoms. The molecule has 1 aromatic heterocycles. The lowest BCUT2D eigenvalue weighted by molar-refractivity contribution is -0.385. The van der Waals surface area contributed by atoms with Gasteiger partial charge in [0.1, 0.15) is 11.3 Å². The highest BCUT2D eigenvalue weighted by Crippen LogP contribution is 2.48. The van der Waals surface area contributed by atoms with Crippen molar-refractivity contribution < 1.29 is 32.8 Å². The number of halogens is 1. The summed E-state index contributed by atoms with van der Waals surface area (Å²) >= 11 is 0. The van der Waals surface area contributed by atoms with Crippen LogP contribution in [0.4, 0.5) is 10.1 Å². The standard InChI is InChI=1S/C20H14FNO7/c1-10-9-28-14-7-6-13-16(15(10)14)29-18(20(21,17(13)23)19(24)27-2)11-4-3-5-12(8-11)22(25)26/h3-9,18H,1-2H3. The molecule has 2 atom stereocenters. The molecule has 0 fully saturated rings. The second kappa shape index (κ2) is 6.40. The van der Waals surface area contributed by atoms with Gasteiger partial charge in [0.05, 0.1) is 29.2 Å². The molecule has 9 heteroatoms. The number of nitrogens with zero attached hydrogens (tertiary/aromatic N) is 1. The number of carbonyl (C=O) groups is 2. The molecular formula is C20H14FNO7. The van der Waals surface area contributed by atoms with Gasteiger partial charge in [0.15, 0.2) is 6.10 Å². The summed E-state index contributed by atoms with van der Waals surface area (Å²) in [5, 5.41) is 11.6. The quantitative estimate of drug-likeness (QED) is 0.285. The van der Waals surface area contributed by atoms with E-state index in [0.29, 0.717) is 16.5 Å². The van der Waals surface area contributed by atoms with E-state index in [-0.39, 0.29) is 22.6 Å². The van der Waals surface area contributed by atoms with Crippen molar-refractivity contribution in [2.45, 2.75) is 18.7 Å². The molecule has 0 amide bonds. The van der Waals surface area contributed by atoms with Gasteiger partial charge in [0.2, 0.25) is 5.78 Å². The van der Waals surface area contributed by atoms with Crippen molar-refractivity contribution in [3.8, 4) is 5.75 Å². The third-order valence-corrected chi connectivity index (χ3v) is 4.91. The molecule has 0 aliphatic carbocycles. The Kier molecular flexibility index (Phi) is 4.11. The molecular weight excluding hydrogens is 385 g/mol.